The van der Waals surface area contributed by atoms with Gasteiger partial charge in [-0.2, -0.15) is 30.0 Å². The van der Waals surface area contributed by atoms with Gasteiger partial charge in [-0.25, -0.2) is 4.98 Å². The van der Waals surface area contributed by atoms with Gasteiger partial charge < -0.3 is 0 Å². The quantitative estimate of drug-likeness (QED) is 0.823. The lowest BCUT2D eigenvalue weighted by Gasteiger charge is -2.34. The molecule has 120 valence electrons. The number of aromatic nitrogens is 3. The Hall–Kier alpha value is -1.50. The van der Waals surface area contributed by atoms with Gasteiger partial charge in [0.25, 0.3) is 0 Å². The summed E-state index contributed by atoms with van der Waals surface area (Å²) in [6.07, 6.45) is 0.453. The Morgan fingerprint density at radius 2 is 1.91 bits per heavy atom. The zero-order valence-corrected chi connectivity index (χ0v) is 13.4. The molecule has 0 N–H and O–H groups in total. The van der Waals surface area contributed by atoms with Crippen LogP contribution in [0.5, 0.6) is 0 Å². The van der Waals surface area contributed by atoms with Gasteiger partial charge in [-0.1, -0.05) is 32.0 Å². The van der Waals surface area contributed by atoms with E-state index in [-0.39, 0.29) is 10.7 Å². The standard InChI is InChI=1S/C15H18F3N3S/c1-14(2,22-3)13(8-21-10-19-9-20-21)11-6-4-5-7-12(11)15(16,17)18/h4-7,9-10,13H,8H2,1-3H3. The predicted octanol–water partition coefficient (Wildman–Crippen LogP) is 4.22. The van der Waals surface area contributed by atoms with Crippen LogP contribution in [0.1, 0.15) is 30.9 Å². The molecule has 0 bridgehead atoms. The number of nitrogens with zero attached hydrogens (tertiary/aromatic N) is 3. The van der Waals surface area contributed by atoms with E-state index in [1.54, 1.807) is 28.6 Å². The third kappa shape index (κ3) is 3.63. The normalized spacial score (nSPS) is 14.1. The van der Waals surface area contributed by atoms with Crippen molar-refractivity contribution in [3.8, 4) is 0 Å². The summed E-state index contributed by atoms with van der Waals surface area (Å²) in [6.45, 7) is 4.25. The lowest BCUT2D eigenvalue weighted by Crippen LogP contribution is -2.31. The van der Waals surface area contributed by atoms with Crippen molar-refractivity contribution in [2.24, 2.45) is 0 Å². The van der Waals surface area contributed by atoms with Crippen molar-refractivity contribution in [2.45, 2.75) is 37.2 Å². The first-order valence-corrected chi connectivity index (χ1v) is 8.02. The van der Waals surface area contributed by atoms with E-state index in [1.165, 1.54) is 18.7 Å². The Kier molecular flexibility index (Phi) is 4.84. The van der Waals surface area contributed by atoms with E-state index in [2.05, 4.69) is 10.1 Å². The van der Waals surface area contributed by atoms with Gasteiger partial charge in [-0.3, -0.25) is 4.68 Å². The first-order chi connectivity index (χ1) is 10.3. The minimum absolute atomic E-state index is 0.296. The van der Waals surface area contributed by atoms with Crippen molar-refractivity contribution in [3.05, 3.63) is 48.0 Å². The zero-order valence-electron chi connectivity index (χ0n) is 12.6. The van der Waals surface area contributed by atoms with Crippen molar-refractivity contribution in [3.63, 3.8) is 0 Å². The molecule has 7 heteroatoms. The summed E-state index contributed by atoms with van der Waals surface area (Å²) >= 11 is 1.54. The maximum absolute atomic E-state index is 13.3. The number of halogens is 3. The number of benzene rings is 1. The molecule has 1 aromatic carbocycles. The molecule has 0 aliphatic heterocycles. The summed E-state index contributed by atoms with van der Waals surface area (Å²) in [5, 5.41) is 4.04. The van der Waals surface area contributed by atoms with Crippen LogP contribution in [0.25, 0.3) is 0 Å². The van der Waals surface area contributed by atoms with Crippen LogP contribution in [0.15, 0.2) is 36.9 Å². The van der Waals surface area contributed by atoms with Gasteiger partial charge in [-0.05, 0) is 17.9 Å². The molecule has 0 saturated carbocycles. The van der Waals surface area contributed by atoms with E-state index in [1.807, 2.05) is 20.1 Å². The Bertz CT molecular complexity index is 609. The summed E-state index contributed by atoms with van der Waals surface area (Å²) in [4.78, 5) is 3.87. The van der Waals surface area contributed by atoms with Gasteiger partial charge >= 0.3 is 6.18 Å². The summed E-state index contributed by atoms with van der Waals surface area (Å²) in [5.74, 6) is -0.345. The fourth-order valence-electron chi connectivity index (χ4n) is 2.41. The van der Waals surface area contributed by atoms with Crippen LogP contribution in [0.2, 0.25) is 0 Å². The second-order valence-electron chi connectivity index (χ2n) is 5.56. The Morgan fingerprint density at radius 3 is 2.45 bits per heavy atom. The van der Waals surface area contributed by atoms with E-state index in [4.69, 9.17) is 0 Å². The average Bonchev–Trinajstić information content (AvgIpc) is 2.97. The van der Waals surface area contributed by atoms with Gasteiger partial charge in [0.15, 0.2) is 0 Å². The third-order valence-electron chi connectivity index (χ3n) is 3.84. The molecule has 0 aliphatic rings. The summed E-state index contributed by atoms with van der Waals surface area (Å²) in [7, 11) is 0. The first kappa shape index (κ1) is 16.9. The fourth-order valence-corrected chi connectivity index (χ4v) is 2.89. The summed E-state index contributed by atoms with van der Waals surface area (Å²) < 4.78 is 41.2. The van der Waals surface area contributed by atoms with Gasteiger partial charge in [0.2, 0.25) is 0 Å². The topological polar surface area (TPSA) is 30.7 Å². The Labute approximate surface area is 131 Å². The van der Waals surface area contributed by atoms with Crippen molar-refractivity contribution < 1.29 is 13.2 Å². The second-order valence-corrected chi connectivity index (χ2v) is 7.02. The Balaban J connectivity index is 2.50. The molecule has 0 spiro atoms. The highest BCUT2D eigenvalue weighted by atomic mass is 32.2. The minimum atomic E-state index is -4.37. The molecule has 0 amide bonds. The molecular formula is C15H18F3N3S. The van der Waals surface area contributed by atoms with Crippen LogP contribution in [0.4, 0.5) is 13.2 Å². The maximum atomic E-state index is 13.3. The fraction of sp³-hybridized carbons (Fsp3) is 0.467. The van der Waals surface area contributed by atoms with E-state index >= 15 is 0 Å². The van der Waals surface area contributed by atoms with E-state index < -0.39 is 11.7 Å². The third-order valence-corrected chi connectivity index (χ3v) is 5.18. The monoisotopic (exact) mass is 329 g/mol. The van der Waals surface area contributed by atoms with Gasteiger partial charge in [0, 0.05) is 10.7 Å². The average molecular weight is 329 g/mol. The molecule has 1 heterocycles. The van der Waals surface area contributed by atoms with Crippen molar-refractivity contribution in [1.29, 1.82) is 0 Å². The molecule has 1 unspecified atom stereocenters. The number of hydrogen-bond donors (Lipinski definition) is 0. The molecule has 3 nitrogen and oxygen atoms in total. The van der Waals surface area contributed by atoms with Crippen LogP contribution in [-0.4, -0.2) is 25.8 Å². The van der Waals surface area contributed by atoms with Crippen LogP contribution in [0.3, 0.4) is 0 Å². The molecule has 0 saturated heterocycles. The molecule has 1 atom stereocenters. The van der Waals surface area contributed by atoms with Gasteiger partial charge in [0.05, 0.1) is 12.1 Å². The Morgan fingerprint density at radius 1 is 1.23 bits per heavy atom. The molecule has 0 aliphatic carbocycles. The first-order valence-electron chi connectivity index (χ1n) is 6.79. The van der Waals surface area contributed by atoms with E-state index in [9.17, 15) is 13.2 Å². The maximum Gasteiger partial charge on any atom is 0.416 e. The zero-order chi connectivity index (χ0) is 16.4. The summed E-state index contributed by atoms with van der Waals surface area (Å²) in [5.41, 5.74) is -0.285. The molecule has 2 rings (SSSR count). The van der Waals surface area contributed by atoms with Crippen LogP contribution in [-0.2, 0) is 12.7 Å². The molecule has 2 aromatic rings. The van der Waals surface area contributed by atoms with Gasteiger partial charge in [0.1, 0.15) is 12.7 Å². The second kappa shape index (κ2) is 6.32. The number of thioether (sulfide) groups is 1. The highest BCUT2D eigenvalue weighted by molar-refractivity contribution is 8.00. The molecule has 22 heavy (non-hydrogen) atoms. The van der Waals surface area contributed by atoms with Crippen molar-refractivity contribution >= 4 is 11.8 Å². The van der Waals surface area contributed by atoms with Crippen molar-refractivity contribution in [2.75, 3.05) is 6.26 Å². The predicted molar refractivity (Wildman–Crippen MR) is 81.8 cm³/mol. The lowest BCUT2D eigenvalue weighted by molar-refractivity contribution is -0.138. The molecule has 0 radical (unpaired) electrons. The molecule has 1 aromatic heterocycles. The van der Waals surface area contributed by atoms with Crippen LogP contribution < -0.4 is 0 Å². The number of rotatable bonds is 5. The largest absolute Gasteiger partial charge is 0.416 e. The smallest absolute Gasteiger partial charge is 0.252 e. The van der Waals surface area contributed by atoms with E-state index in [0.29, 0.717) is 12.1 Å². The van der Waals surface area contributed by atoms with Crippen LogP contribution >= 0.6 is 11.8 Å². The highest BCUT2D eigenvalue weighted by Gasteiger charge is 2.39. The molecule has 0 fully saturated rings. The summed E-state index contributed by atoms with van der Waals surface area (Å²) in [6, 6.07) is 5.77. The number of alkyl halides is 3. The lowest BCUT2D eigenvalue weighted by atomic mass is 9.84. The molecular weight excluding hydrogens is 311 g/mol. The van der Waals surface area contributed by atoms with Crippen molar-refractivity contribution in [1.82, 2.24) is 14.8 Å². The SMILES string of the molecule is CSC(C)(C)C(Cn1cncn1)c1ccccc1C(F)(F)F. The van der Waals surface area contributed by atoms with E-state index in [0.717, 1.165) is 6.07 Å². The highest BCUT2D eigenvalue weighted by Crippen LogP contribution is 2.43. The number of hydrogen-bond acceptors (Lipinski definition) is 3. The van der Waals surface area contributed by atoms with Gasteiger partial charge in [-0.15, -0.1) is 0 Å². The van der Waals surface area contributed by atoms with Crippen LogP contribution in [0, 0.1) is 0 Å². The minimum Gasteiger partial charge on any atom is -0.252 e.